The van der Waals surface area contributed by atoms with Crippen molar-refractivity contribution in [3.05, 3.63) is 53.9 Å². The summed E-state index contributed by atoms with van der Waals surface area (Å²) in [6.45, 7) is 3.49. The average Bonchev–Trinajstić information content (AvgIpc) is 2.69. The minimum atomic E-state index is -4.69. The van der Waals surface area contributed by atoms with Gasteiger partial charge in [0.25, 0.3) is 5.91 Å². The highest BCUT2D eigenvalue weighted by molar-refractivity contribution is 5.95. The molecule has 1 heterocycles. The van der Waals surface area contributed by atoms with Gasteiger partial charge < -0.3 is 15.4 Å². The van der Waals surface area contributed by atoms with E-state index in [0.717, 1.165) is 12.1 Å². The van der Waals surface area contributed by atoms with Crippen molar-refractivity contribution >= 4 is 22.7 Å². The molecule has 1 fully saturated rings. The molecule has 1 aromatic heterocycles. The van der Waals surface area contributed by atoms with Crippen LogP contribution in [0.1, 0.15) is 29.8 Å². The summed E-state index contributed by atoms with van der Waals surface area (Å²) in [6, 6.07) is 4.65. The van der Waals surface area contributed by atoms with Crippen molar-refractivity contribution in [2.75, 3.05) is 13.2 Å². The van der Waals surface area contributed by atoms with Gasteiger partial charge in [0.15, 0.2) is 11.6 Å². The molecule has 0 radical (unpaired) electrons. The molecule has 1 aromatic carbocycles. The molecule has 1 aliphatic carbocycles. The van der Waals surface area contributed by atoms with Crippen molar-refractivity contribution < 1.29 is 41.0 Å². The fraction of sp³-hybridized carbons (Fsp3) is 0.381. The van der Waals surface area contributed by atoms with Crippen LogP contribution in [-0.4, -0.2) is 48.5 Å². The number of rotatable bonds is 9. The molecule has 2 N–H and O–H groups in total. The average molecular weight is 473 g/mol. The van der Waals surface area contributed by atoms with Gasteiger partial charge in [-0.05, 0) is 12.1 Å². The number of carbonyl (C=O) groups is 2. The van der Waals surface area contributed by atoms with Gasteiger partial charge in [0, 0.05) is 43.0 Å². The van der Waals surface area contributed by atoms with E-state index in [1.165, 1.54) is 12.1 Å². The van der Waals surface area contributed by atoms with Gasteiger partial charge >= 0.3 is 6.36 Å². The molecule has 2 aromatic rings. The zero-order chi connectivity index (χ0) is 24.2. The molecule has 0 aliphatic heterocycles. The zero-order valence-corrected chi connectivity index (χ0v) is 17.2. The molecule has 0 spiro atoms. The summed E-state index contributed by atoms with van der Waals surface area (Å²) in [6.07, 6.45) is -5.82. The highest BCUT2D eigenvalue weighted by Gasteiger charge is 2.40. The second kappa shape index (κ2) is 10.2. The first kappa shape index (κ1) is 24.5. The quantitative estimate of drug-likeness (QED) is 0.546. The molecule has 0 bridgehead atoms. The van der Waals surface area contributed by atoms with Gasteiger partial charge in [-0.15, -0.1) is 13.2 Å². The van der Waals surface area contributed by atoms with Gasteiger partial charge in [-0.2, -0.15) is 0 Å². The lowest BCUT2D eigenvalue weighted by molar-refractivity contribution is -0.357. The van der Waals surface area contributed by atoms with Crippen molar-refractivity contribution in [2.24, 2.45) is 0 Å². The smallest absolute Gasteiger partial charge is 0.368 e. The summed E-state index contributed by atoms with van der Waals surface area (Å²) < 4.78 is 71.8. The van der Waals surface area contributed by atoms with Gasteiger partial charge in [-0.1, -0.05) is 12.6 Å². The van der Waals surface area contributed by atoms with Crippen molar-refractivity contribution in [2.45, 2.75) is 37.8 Å². The number of pyridine rings is 1. The summed E-state index contributed by atoms with van der Waals surface area (Å²) in [4.78, 5) is 28.1. The number of aromatic nitrogens is 1. The Kier molecular flexibility index (Phi) is 7.59. The van der Waals surface area contributed by atoms with Crippen LogP contribution in [0.3, 0.4) is 0 Å². The third-order valence-electron chi connectivity index (χ3n) is 4.81. The largest absolute Gasteiger partial charge is 0.522 e. The number of nitrogens with one attached hydrogen (secondary N) is 2. The Morgan fingerprint density at radius 2 is 1.82 bits per heavy atom. The van der Waals surface area contributed by atoms with Crippen LogP contribution in [-0.2, 0) is 14.3 Å². The van der Waals surface area contributed by atoms with Gasteiger partial charge in [0.2, 0.25) is 5.91 Å². The van der Waals surface area contributed by atoms with E-state index in [1.807, 2.05) is 0 Å². The maximum absolute atomic E-state index is 13.4. The number of alkyl halides is 3. The Bertz CT molecular complexity index is 1050. The molecule has 1 saturated carbocycles. The third-order valence-corrected chi connectivity index (χ3v) is 4.81. The first-order valence-electron chi connectivity index (χ1n) is 9.88. The van der Waals surface area contributed by atoms with Crippen LogP contribution >= 0.6 is 0 Å². The van der Waals surface area contributed by atoms with E-state index < -0.39 is 42.0 Å². The highest BCUT2D eigenvalue weighted by Crippen LogP contribution is 2.31. The third kappa shape index (κ3) is 7.19. The summed E-state index contributed by atoms with van der Waals surface area (Å²) >= 11 is 0. The van der Waals surface area contributed by atoms with Crippen LogP contribution in [0.2, 0.25) is 0 Å². The van der Waals surface area contributed by atoms with Gasteiger partial charge in [0.05, 0.1) is 17.7 Å². The summed E-state index contributed by atoms with van der Waals surface area (Å²) in [5.74, 6) is -3.18. The summed E-state index contributed by atoms with van der Waals surface area (Å²) in [5, 5.41) is 5.37. The normalized spacial score (nSPS) is 18.0. The lowest BCUT2D eigenvalue weighted by Gasteiger charge is -2.34. The number of benzene rings is 1. The number of hydrogen-bond acceptors (Lipinski definition) is 5. The van der Waals surface area contributed by atoms with Crippen molar-refractivity contribution in [1.29, 1.82) is 0 Å². The van der Waals surface area contributed by atoms with Gasteiger partial charge in [0.1, 0.15) is 12.3 Å². The Labute approximate surface area is 184 Å². The van der Waals surface area contributed by atoms with E-state index in [4.69, 9.17) is 4.74 Å². The standard InChI is InChI=1S/C21H20F5N3O4/c1-11(4-5-27-19(30)10-32-13-7-14(8-13)33-21(24,25)26)28-20(31)17-3-2-12-6-15(22)16(23)9-18(12)29-17/h2-3,6,9,13-14H,1,4-5,7-8,10H2,(H,27,30)(H,28,31). The maximum Gasteiger partial charge on any atom is 0.522 e. The van der Waals surface area contributed by atoms with E-state index in [-0.39, 0.29) is 49.3 Å². The molecule has 178 valence electrons. The Morgan fingerprint density at radius 3 is 2.52 bits per heavy atom. The first-order chi connectivity index (χ1) is 15.5. The predicted molar refractivity (Wildman–Crippen MR) is 106 cm³/mol. The van der Waals surface area contributed by atoms with E-state index in [2.05, 4.69) is 26.9 Å². The second-order valence-electron chi connectivity index (χ2n) is 7.40. The monoisotopic (exact) mass is 473 g/mol. The SMILES string of the molecule is C=C(CCNC(=O)COC1CC(OC(F)(F)F)C1)NC(=O)c1ccc2cc(F)c(F)cc2n1. The zero-order valence-electron chi connectivity index (χ0n) is 17.2. The summed E-state index contributed by atoms with van der Waals surface area (Å²) in [5.41, 5.74) is 0.363. The van der Waals surface area contributed by atoms with E-state index >= 15 is 0 Å². The fourth-order valence-electron chi connectivity index (χ4n) is 3.07. The van der Waals surface area contributed by atoms with Crippen LogP contribution in [0.15, 0.2) is 36.5 Å². The number of nitrogens with zero attached hydrogens (tertiary/aromatic N) is 1. The highest BCUT2D eigenvalue weighted by atomic mass is 19.4. The van der Waals surface area contributed by atoms with Crippen molar-refractivity contribution in [3.8, 4) is 0 Å². The number of ether oxygens (including phenoxy) is 2. The van der Waals surface area contributed by atoms with Crippen LogP contribution < -0.4 is 10.6 Å². The molecule has 0 unspecified atom stereocenters. The van der Waals surface area contributed by atoms with Crippen LogP contribution in [0.4, 0.5) is 22.0 Å². The van der Waals surface area contributed by atoms with E-state index in [9.17, 15) is 31.5 Å². The maximum atomic E-state index is 13.4. The second-order valence-corrected chi connectivity index (χ2v) is 7.40. The number of halogens is 5. The number of fused-ring (bicyclic) bond motifs is 1. The van der Waals surface area contributed by atoms with Crippen LogP contribution in [0.5, 0.6) is 0 Å². The molecular weight excluding hydrogens is 453 g/mol. The Hall–Kier alpha value is -3.12. The molecular formula is C21H20F5N3O4. The molecule has 33 heavy (non-hydrogen) atoms. The van der Waals surface area contributed by atoms with Crippen LogP contribution in [0, 0.1) is 11.6 Å². The number of hydrogen-bond donors (Lipinski definition) is 2. The molecule has 12 heteroatoms. The minimum Gasteiger partial charge on any atom is -0.368 e. The molecule has 0 atom stereocenters. The Balaban J connectivity index is 1.35. The summed E-state index contributed by atoms with van der Waals surface area (Å²) in [7, 11) is 0. The minimum absolute atomic E-state index is 0.0274. The molecule has 3 rings (SSSR count). The van der Waals surface area contributed by atoms with E-state index in [1.54, 1.807) is 0 Å². The van der Waals surface area contributed by atoms with Gasteiger partial charge in [-0.3, -0.25) is 14.3 Å². The topological polar surface area (TPSA) is 89.5 Å². The van der Waals surface area contributed by atoms with Crippen LogP contribution in [0.25, 0.3) is 10.9 Å². The van der Waals surface area contributed by atoms with E-state index in [0.29, 0.717) is 5.39 Å². The first-order valence-corrected chi connectivity index (χ1v) is 9.88. The number of carbonyl (C=O) groups excluding carboxylic acids is 2. The molecule has 7 nitrogen and oxygen atoms in total. The van der Waals surface area contributed by atoms with Gasteiger partial charge in [-0.25, -0.2) is 13.8 Å². The lowest BCUT2D eigenvalue weighted by Crippen LogP contribution is -2.42. The lowest BCUT2D eigenvalue weighted by atomic mass is 9.92. The van der Waals surface area contributed by atoms with Crippen molar-refractivity contribution in [1.82, 2.24) is 15.6 Å². The molecule has 0 saturated heterocycles. The van der Waals surface area contributed by atoms with Crippen molar-refractivity contribution in [3.63, 3.8) is 0 Å². The molecule has 1 aliphatic rings. The number of amides is 2. The predicted octanol–water partition coefficient (Wildman–Crippen LogP) is 3.35. The molecule has 2 amide bonds. The Morgan fingerprint density at radius 1 is 1.12 bits per heavy atom. The fourth-order valence-corrected chi connectivity index (χ4v) is 3.07.